The van der Waals surface area contributed by atoms with Crippen molar-refractivity contribution in [1.29, 1.82) is 0 Å². The van der Waals surface area contributed by atoms with Gasteiger partial charge >= 0.3 is 8.69 Å². The number of thiophene rings is 1. The highest BCUT2D eigenvalue weighted by Crippen LogP contribution is 2.41. The third-order valence-corrected chi connectivity index (χ3v) is 4.85. The van der Waals surface area contributed by atoms with Crippen LogP contribution in [0.2, 0.25) is 0 Å². The smallest absolute Gasteiger partial charge is 0.146 e. The quantitative estimate of drug-likeness (QED) is 0.409. The predicted octanol–water partition coefficient (Wildman–Crippen LogP) is 5.67. The first-order chi connectivity index (χ1) is 8.79. The van der Waals surface area contributed by atoms with Gasteiger partial charge in [0.15, 0.2) is 5.60 Å². The highest BCUT2D eigenvalue weighted by molar-refractivity contribution is 7.17. The van der Waals surface area contributed by atoms with Gasteiger partial charge in [0, 0.05) is 4.88 Å². The normalized spacial score (nSPS) is 14.8. The Bertz CT molecular complexity index is 327. The van der Waals surface area contributed by atoms with Crippen molar-refractivity contribution in [3.05, 3.63) is 22.4 Å². The highest BCUT2D eigenvalue weighted by atomic mass is 32.1. The molecule has 0 bridgehead atoms. The molecule has 0 N–H and O–H groups in total. The molecule has 1 heterocycles. The molecule has 0 saturated carbocycles. The highest BCUT2D eigenvalue weighted by Gasteiger charge is 2.37. The summed E-state index contributed by atoms with van der Waals surface area (Å²) in [4.78, 5) is 1.23. The fourth-order valence-corrected chi connectivity index (χ4v) is 3.73. The molecule has 2 unspecified atom stereocenters. The van der Waals surface area contributed by atoms with E-state index < -0.39 is 8.69 Å². The number of unbranched alkanes of at least 4 members (excludes halogenated alkanes) is 3. The molecule has 0 fully saturated rings. The van der Waals surface area contributed by atoms with E-state index in [9.17, 15) is 4.57 Å². The van der Waals surface area contributed by atoms with Gasteiger partial charge in [0.2, 0.25) is 0 Å². The van der Waals surface area contributed by atoms with Gasteiger partial charge in [-0.05, 0) is 28.9 Å². The van der Waals surface area contributed by atoms with Crippen LogP contribution in [0, 0.1) is 0 Å². The molecule has 0 amide bonds. The molecule has 0 aliphatic heterocycles. The molecule has 0 saturated heterocycles. The van der Waals surface area contributed by atoms with Crippen LogP contribution in [0.1, 0.15) is 63.7 Å². The first-order valence-electron chi connectivity index (χ1n) is 6.88. The van der Waals surface area contributed by atoms with Crippen LogP contribution in [0.15, 0.2) is 17.5 Å². The lowest BCUT2D eigenvalue weighted by molar-refractivity contribution is 0.0602. The summed E-state index contributed by atoms with van der Waals surface area (Å²) >= 11 is 1.72. The monoisotopic (exact) mass is 287 g/mol. The zero-order valence-corrected chi connectivity index (χ0v) is 13.2. The molecule has 18 heavy (non-hydrogen) atoms. The Morgan fingerprint density at radius 1 is 1.22 bits per heavy atom. The van der Waals surface area contributed by atoms with Crippen molar-refractivity contribution >= 4 is 20.0 Å². The summed E-state index contributed by atoms with van der Waals surface area (Å²) in [6, 6.07) is 4.17. The van der Waals surface area contributed by atoms with E-state index in [1.165, 1.54) is 17.7 Å². The Kier molecular flexibility index (Phi) is 7.73. The summed E-state index contributed by atoms with van der Waals surface area (Å²) < 4.78 is 16.8. The van der Waals surface area contributed by atoms with Gasteiger partial charge in [0.25, 0.3) is 0 Å². The minimum absolute atomic E-state index is 0.306. The summed E-state index contributed by atoms with van der Waals surface area (Å²) in [6.45, 7) is 4.39. The van der Waals surface area contributed by atoms with Crippen LogP contribution in [0.25, 0.3) is 0 Å². The third-order valence-electron chi connectivity index (χ3n) is 3.33. The summed E-state index contributed by atoms with van der Waals surface area (Å²) in [6.07, 6.45) is 7.78. The molecule has 0 spiro atoms. The Morgan fingerprint density at radius 2 is 1.94 bits per heavy atom. The lowest BCUT2D eigenvalue weighted by Gasteiger charge is -2.26. The van der Waals surface area contributed by atoms with Gasteiger partial charge in [-0.2, -0.15) is 0 Å². The van der Waals surface area contributed by atoms with Crippen LogP contribution in [0.4, 0.5) is 0 Å². The van der Waals surface area contributed by atoms with E-state index in [1.807, 2.05) is 0 Å². The predicted molar refractivity (Wildman–Crippen MR) is 79.8 cm³/mol. The van der Waals surface area contributed by atoms with Crippen molar-refractivity contribution in [2.24, 2.45) is 0 Å². The Morgan fingerprint density at radius 3 is 2.50 bits per heavy atom. The largest absolute Gasteiger partial charge is 0.495 e. The molecule has 0 aliphatic carbocycles. The summed E-state index contributed by atoms with van der Waals surface area (Å²) in [5, 5.41) is 2.08. The fourth-order valence-electron chi connectivity index (χ4n) is 2.26. The van der Waals surface area contributed by atoms with Gasteiger partial charge < -0.3 is 0 Å². The molecule has 1 rings (SSSR count). The molecule has 0 aliphatic rings. The number of hydrogen-bond donors (Lipinski definition) is 0. The van der Waals surface area contributed by atoms with Crippen molar-refractivity contribution < 1.29 is 9.09 Å². The second kappa shape index (κ2) is 8.79. The molecule has 4 heteroatoms. The first kappa shape index (κ1) is 15.8. The van der Waals surface area contributed by atoms with E-state index in [4.69, 9.17) is 4.52 Å². The van der Waals surface area contributed by atoms with Crippen LogP contribution >= 0.6 is 20.0 Å². The summed E-state index contributed by atoms with van der Waals surface area (Å²) in [5.74, 6) is 0. The van der Waals surface area contributed by atoms with E-state index in [-0.39, 0.29) is 5.60 Å². The van der Waals surface area contributed by atoms with Gasteiger partial charge in [-0.15, -0.1) is 15.9 Å². The standard InChI is InChI=1S/C14H24O2PS/c1-3-5-7-11-14(16-17-15,10-6-4-2)13-9-8-12-18-13/h8-9,12,17H,3-7,10-11H2,1-2H3/q+1. The zero-order valence-electron chi connectivity index (χ0n) is 11.4. The Hall–Kier alpha value is -0.240. The van der Waals surface area contributed by atoms with Gasteiger partial charge in [-0.25, -0.2) is 0 Å². The van der Waals surface area contributed by atoms with Crippen molar-refractivity contribution in [3.63, 3.8) is 0 Å². The maximum Gasteiger partial charge on any atom is 0.495 e. The van der Waals surface area contributed by atoms with E-state index in [2.05, 4.69) is 31.4 Å². The van der Waals surface area contributed by atoms with Gasteiger partial charge in [-0.3, -0.25) is 0 Å². The van der Waals surface area contributed by atoms with E-state index in [0.29, 0.717) is 0 Å². The van der Waals surface area contributed by atoms with E-state index in [1.54, 1.807) is 11.3 Å². The van der Waals surface area contributed by atoms with Crippen molar-refractivity contribution in [2.45, 2.75) is 64.4 Å². The Labute approximate surface area is 116 Å². The molecule has 0 radical (unpaired) electrons. The minimum atomic E-state index is -0.673. The molecular formula is C14H24O2PS+. The summed E-state index contributed by atoms with van der Waals surface area (Å²) in [7, 11) is -0.673. The van der Waals surface area contributed by atoms with Crippen LogP contribution in [0.3, 0.4) is 0 Å². The molecule has 1 aromatic heterocycles. The zero-order chi connectivity index (χ0) is 13.3. The lowest BCUT2D eigenvalue weighted by atomic mass is 9.89. The molecule has 2 nitrogen and oxygen atoms in total. The maximum atomic E-state index is 11.0. The number of hydrogen-bond acceptors (Lipinski definition) is 3. The summed E-state index contributed by atoms with van der Waals surface area (Å²) in [5.41, 5.74) is -0.306. The molecule has 0 aromatic carbocycles. The fraction of sp³-hybridized carbons (Fsp3) is 0.714. The van der Waals surface area contributed by atoms with Crippen molar-refractivity contribution in [1.82, 2.24) is 0 Å². The molecule has 102 valence electrons. The van der Waals surface area contributed by atoms with Gasteiger partial charge in [-0.1, -0.05) is 52.0 Å². The van der Waals surface area contributed by atoms with Gasteiger partial charge in [0.1, 0.15) is 0 Å². The molecule has 1 aromatic rings. The first-order valence-corrected chi connectivity index (χ1v) is 8.58. The van der Waals surface area contributed by atoms with Crippen LogP contribution in [0.5, 0.6) is 0 Å². The Balaban J connectivity index is 2.82. The SMILES string of the molecule is CCCCCC(CCCC)(O[PH+]=O)c1cccs1. The topological polar surface area (TPSA) is 26.3 Å². The van der Waals surface area contributed by atoms with Gasteiger partial charge in [0.05, 0.1) is 0 Å². The maximum absolute atomic E-state index is 11.0. The van der Waals surface area contributed by atoms with Crippen molar-refractivity contribution in [2.75, 3.05) is 0 Å². The average molecular weight is 287 g/mol. The minimum Gasteiger partial charge on any atom is -0.146 e. The van der Waals surface area contributed by atoms with Crippen LogP contribution in [-0.2, 0) is 14.7 Å². The van der Waals surface area contributed by atoms with E-state index >= 15 is 0 Å². The van der Waals surface area contributed by atoms with E-state index in [0.717, 1.165) is 32.1 Å². The second-order valence-corrected chi connectivity index (χ2v) is 6.04. The second-order valence-electron chi connectivity index (χ2n) is 4.72. The van der Waals surface area contributed by atoms with Crippen LogP contribution < -0.4 is 0 Å². The molecule has 2 atom stereocenters. The average Bonchev–Trinajstić information content (AvgIpc) is 2.90. The number of rotatable bonds is 10. The molecular weight excluding hydrogens is 263 g/mol. The lowest BCUT2D eigenvalue weighted by Crippen LogP contribution is -2.25. The third kappa shape index (κ3) is 4.46. The van der Waals surface area contributed by atoms with Crippen molar-refractivity contribution in [3.8, 4) is 0 Å². The van der Waals surface area contributed by atoms with Crippen LogP contribution in [-0.4, -0.2) is 0 Å².